The summed E-state index contributed by atoms with van der Waals surface area (Å²) in [6, 6.07) is 0.199. The Labute approximate surface area is 110 Å². The minimum absolute atomic E-state index is 0.128. The molecule has 0 aliphatic heterocycles. The van der Waals surface area contributed by atoms with Gasteiger partial charge in [0.2, 0.25) is 5.78 Å². The molecule has 1 aliphatic carbocycles. The van der Waals surface area contributed by atoms with Gasteiger partial charge in [-0.3, -0.25) is 9.48 Å². The van der Waals surface area contributed by atoms with Crippen LogP contribution in [-0.4, -0.2) is 15.6 Å². The molecule has 1 aromatic heterocycles. The maximum Gasteiger partial charge on any atom is 0.207 e. The van der Waals surface area contributed by atoms with Gasteiger partial charge in [0.15, 0.2) is 0 Å². The molecule has 0 saturated carbocycles. The SMILES string of the molecule is CC(C)n1ncc(Br)c1C(=O)C1=CCCCC1. The summed E-state index contributed by atoms with van der Waals surface area (Å²) in [5.74, 6) is 0.128. The number of ketones is 1. The quantitative estimate of drug-likeness (QED) is 0.793. The first-order chi connectivity index (χ1) is 8.11. The molecule has 0 amide bonds. The highest BCUT2D eigenvalue weighted by molar-refractivity contribution is 9.10. The van der Waals surface area contributed by atoms with Gasteiger partial charge in [-0.25, -0.2) is 0 Å². The molecule has 0 radical (unpaired) electrons. The Bertz CT molecular complexity index is 460. The lowest BCUT2D eigenvalue weighted by Gasteiger charge is -2.14. The van der Waals surface area contributed by atoms with Crippen molar-refractivity contribution in [3.63, 3.8) is 0 Å². The minimum Gasteiger partial charge on any atom is -0.287 e. The van der Waals surface area contributed by atoms with Gasteiger partial charge < -0.3 is 0 Å². The van der Waals surface area contributed by atoms with Crippen molar-refractivity contribution in [3.8, 4) is 0 Å². The lowest BCUT2D eigenvalue weighted by molar-refractivity contribution is 0.101. The molecule has 0 N–H and O–H groups in total. The van der Waals surface area contributed by atoms with Crippen molar-refractivity contribution >= 4 is 21.7 Å². The van der Waals surface area contributed by atoms with E-state index in [2.05, 4.69) is 27.1 Å². The monoisotopic (exact) mass is 296 g/mol. The van der Waals surface area contributed by atoms with Crippen molar-refractivity contribution in [2.24, 2.45) is 0 Å². The van der Waals surface area contributed by atoms with E-state index in [4.69, 9.17) is 0 Å². The van der Waals surface area contributed by atoms with Crippen LogP contribution in [0.2, 0.25) is 0 Å². The molecule has 1 aromatic rings. The van der Waals surface area contributed by atoms with E-state index in [0.717, 1.165) is 29.3 Å². The highest BCUT2D eigenvalue weighted by Gasteiger charge is 2.22. The first-order valence-corrected chi connectivity index (χ1v) is 6.87. The van der Waals surface area contributed by atoms with Gasteiger partial charge in [-0.05, 0) is 61.0 Å². The summed E-state index contributed by atoms with van der Waals surface area (Å²) >= 11 is 3.42. The number of aromatic nitrogens is 2. The third kappa shape index (κ3) is 2.51. The zero-order valence-corrected chi connectivity index (χ0v) is 11.8. The Balaban J connectivity index is 2.36. The number of nitrogens with zero attached hydrogens (tertiary/aromatic N) is 2. The molecule has 0 aromatic carbocycles. The fourth-order valence-corrected chi connectivity index (χ4v) is 2.59. The van der Waals surface area contributed by atoms with Crippen LogP contribution in [-0.2, 0) is 0 Å². The second kappa shape index (κ2) is 5.17. The molecule has 0 bridgehead atoms. The molecule has 0 spiro atoms. The number of carbonyl (C=O) groups excluding carboxylic acids is 1. The molecule has 0 unspecified atom stereocenters. The van der Waals surface area contributed by atoms with Gasteiger partial charge >= 0.3 is 0 Å². The summed E-state index contributed by atoms with van der Waals surface area (Å²) < 4.78 is 2.59. The number of Topliss-reactive ketones (excluding diaryl/α,β-unsaturated/α-hetero) is 1. The third-order valence-electron chi connectivity index (χ3n) is 3.04. The van der Waals surface area contributed by atoms with Gasteiger partial charge in [-0.2, -0.15) is 5.10 Å². The normalized spacial score (nSPS) is 16.1. The van der Waals surface area contributed by atoms with Crippen molar-refractivity contribution in [2.75, 3.05) is 0 Å². The molecule has 0 saturated heterocycles. The van der Waals surface area contributed by atoms with E-state index in [1.165, 1.54) is 6.42 Å². The number of hydrogen-bond acceptors (Lipinski definition) is 2. The van der Waals surface area contributed by atoms with E-state index < -0.39 is 0 Å². The first kappa shape index (κ1) is 12.6. The fraction of sp³-hybridized carbons (Fsp3) is 0.538. The smallest absolute Gasteiger partial charge is 0.207 e. The lowest BCUT2D eigenvalue weighted by Crippen LogP contribution is -2.15. The van der Waals surface area contributed by atoms with Crippen LogP contribution >= 0.6 is 15.9 Å². The van der Waals surface area contributed by atoms with Crippen LogP contribution in [0.5, 0.6) is 0 Å². The second-order valence-electron chi connectivity index (χ2n) is 4.68. The lowest BCUT2D eigenvalue weighted by atomic mass is 9.95. The molecular weight excluding hydrogens is 280 g/mol. The maximum absolute atomic E-state index is 12.4. The van der Waals surface area contributed by atoms with E-state index in [1.54, 1.807) is 10.9 Å². The highest BCUT2D eigenvalue weighted by atomic mass is 79.9. The molecule has 2 rings (SSSR count). The average Bonchev–Trinajstić information content (AvgIpc) is 2.71. The van der Waals surface area contributed by atoms with Gasteiger partial charge in [0.25, 0.3) is 0 Å². The maximum atomic E-state index is 12.4. The zero-order chi connectivity index (χ0) is 12.4. The number of allylic oxidation sites excluding steroid dienone is 2. The Morgan fingerprint density at radius 1 is 1.47 bits per heavy atom. The van der Waals surface area contributed by atoms with Crippen LogP contribution in [0.4, 0.5) is 0 Å². The molecule has 3 nitrogen and oxygen atoms in total. The predicted molar refractivity (Wildman–Crippen MR) is 71.2 cm³/mol. The number of rotatable bonds is 3. The van der Waals surface area contributed by atoms with E-state index >= 15 is 0 Å². The summed E-state index contributed by atoms with van der Waals surface area (Å²) in [6.07, 6.45) is 8.02. The summed E-state index contributed by atoms with van der Waals surface area (Å²) in [5.41, 5.74) is 1.63. The number of halogens is 1. The van der Waals surface area contributed by atoms with Gasteiger partial charge in [0.05, 0.1) is 10.7 Å². The van der Waals surface area contributed by atoms with Crippen molar-refractivity contribution in [2.45, 2.75) is 45.6 Å². The summed E-state index contributed by atoms with van der Waals surface area (Å²) in [7, 11) is 0. The number of hydrogen-bond donors (Lipinski definition) is 0. The molecular formula is C13H17BrN2O. The second-order valence-corrected chi connectivity index (χ2v) is 5.54. The van der Waals surface area contributed by atoms with Gasteiger partial charge in [0, 0.05) is 6.04 Å². The van der Waals surface area contributed by atoms with E-state index in [1.807, 2.05) is 13.8 Å². The molecule has 0 fully saturated rings. The van der Waals surface area contributed by atoms with Gasteiger partial charge in [0.1, 0.15) is 5.69 Å². The molecule has 1 aliphatic rings. The predicted octanol–water partition coefficient (Wildman–Crippen LogP) is 3.91. The van der Waals surface area contributed by atoms with Crippen molar-refractivity contribution < 1.29 is 4.79 Å². The van der Waals surface area contributed by atoms with Crippen molar-refractivity contribution in [3.05, 3.63) is 28.0 Å². The van der Waals surface area contributed by atoms with Crippen LogP contribution in [0.1, 0.15) is 56.1 Å². The van der Waals surface area contributed by atoms with Gasteiger partial charge in [-0.15, -0.1) is 0 Å². The van der Waals surface area contributed by atoms with E-state index in [0.29, 0.717) is 5.69 Å². The molecule has 4 heteroatoms. The third-order valence-corrected chi connectivity index (χ3v) is 3.62. The molecule has 92 valence electrons. The van der Waals surface area contributed by atoms with Crippen LogP contribution in [0, 0.1) is 0 Å². The van der Waals surface area contributed by atoms with Crippen LogP contribution in [0.15, 0.2) is 22.3 Å². The topological polar surface area (TPSA) is 34.9 Å². The van der Waals surface area contributed by atoms with Crippen LogP contribution in [0.3, 0.4) is 0 Å². The first-order valence-electron chi connectivity index (χ1n) is 6.08. The van der Waals surface area contributed by atoms with Crippen LogP contribution < -0.4 is 0 Å². The van der Waals surface area contributed by atoms with E-state index in [9.17, 15) is 4.79 Å². The standard InChI is InChI=1S/C13H17BrN2O/c1-9(2)16-12(11(14)8-15-16)13(17)10-6-4-3-5-7-10/h6,8-9H,3-5,7H2,1-2H3. The van der Waals surface area contributed by atoms with E-state index in [-0.39, 0.29) is 11.8 Å². The Kier molecular flexibility index (Phi) is 3.82. The van der Waals surface area contributed by atoms with Gasteiger partial charge in [-0.1, -0.05) is 6.08 Å². The average molecular weight is 297 g/mol. The summed E-state index contributed by atoms with van der Waals surface area (Å²) in [4.78, 5) is 12.4. The molecule has 17 heavy (non-hydrogen) atoms. The Hall–Kier alpha value is -0.900. The minimum atomic E-state index is 0.128. The molecule has 0 atom stereocenters. The van der Waals surface area contributed by atoms with Crippen LogP contribution in [0.25, 0.3) is 0 Å². The Morgan fingerprint density at radius 2 is 2.24 bits per heavy atom. The molecule has 1 heterocycles. The summed E-state index contributed by atoms with van der Waals surface area (Å²) in [5, 5.41) is 4.25. The fourth-order valence-electron chi connectivity index (χ4n) is 2.14. The highest BCUT2D eigenvalue weighted by Crippen LogP contribution is 2.26. The number of carbonyl (C=O) groups is 1. The summed E-state index contributed by atoms with van der Waals surface area (Å²) in [6.45, 7) is 4.07. The van der Waals surface area contributed by atoms with Crippen molar-refractivity contribution in [1.82, 2.24) is 9.78 Å². The Morgan fingerprint density at radius 3 is 2.82 bits per heavy atom. The zero-order valence-electron chi connectivity index (χ0n) is 10.2. The largest absolute Gasteiger partial charge is 0.287 e. The van der Waals surface area contributed by atoms with Crippen molar-refractivity contribution in [1.29, 1.82) is 0 Å².